The fraction of sp³-hybridized carbons (Fsp3) is 0.462. The molecule has 2 aromatic carbocycles. The molecule has 0 radical (unpaired) electrons. The largest absolute Gasteiger partial charge is 0.444 e. The Labute approximate surface area is 214 Å². The quantitative estimate of drug-likeness (QED) is 0.390. The Kier molecular flexibility index (Phi) is 7.32. The third kappa shape index (κ3) is 5.74. The molecule has 1 amide bonds. The van der Waals surface area contributed by atoms with E-state index in [9.17, 15) is 9.18 Å². The van der Waals surface area contributed by atoms with Crippen molar-refractivity contribution in [3.8, 4) is 0 Å². The number of carbonyl (C=O) groups excluding carboxylic acids is 1. The number of nitrogens with zero attached hydrogens (tertiary/aromatic N) is 2. The van der Waals surface area contributed by atoms with Crippen LogP contribution in [0.4, 0.5) is 9.18 Å². The van der Waals surface area contributed by atoms with Gasteiger partial charge in [-0.3, -0.25) is 5.10 Å². The van der Waals surface area contributed by atoms with Gasteiger partial charge >= 0.3 is 6.09 Å². The highest BCUT2D eigenvalue weighted by atomic mass is 35.5. The number of ether oxygens (including phenoxy) is 2. The van der Waals surface area contributed by atoms with Crippen LogP contribution in [-0.4, -0.2) is 46.5 Å². The monoisotopic (exact) mass is 521 g/mol. The molecule has 0 saturated carbocycles. The molecule has 188 valence electrons. The van der Waals surface area contributed by atoms with Crippen LogP contribution in [0.2, 0.25) is 10.2 Å². The first-order valence-corrected chi connectivity index (χ1v) is 12.4. The van der Waals surface area contributed by atoms with Crippen LogP contribution < -0.4 is 0 Å². The van der Waals surface area contributed by atoms with Gasteiger partial charge in [-0.15, -0.1) is 0 Å². The van der Waals surface area contributed by atoms with E-state index in [1.807, 2.05) is 33.8 Å². The molecule has 1 unspecified atom stereocenters. The Balaban J connectivity index is 1.55. The highest BCUT2D eigenvalue weighted by Crippen LogP contribution is 2.39. The lowest BCUT2D eigenvalue weighted by molar-refractivity contribution is -0.00933. The Bertz CT molecular complexity index is 1200. The third-order valence-electron chi connectivity index (χ3n) is 6.48. The number of nitrogens with one attached hydrogen (secondary N) is 1. The molecular formula is C26H30Cl2FN3O3. The van der Waals surface area contributed by atoms with Gasteiger partial charge in [0.2, 0.25) is 0 Å². The maximum atomic E-state index is 13.7. The van der Waals surface area contributed by atoms with Crippen molar-refractivity contribution in [3.05, 3.63) is 63.5 Å². The lowest BCUT2D eigenvalue weighted by atomic mass is 9.73. The van der Waals surface area contributed by atoms with Gasteiger partial charge in [-0.25, -0.2) is 9.18 Å². The van der Waals surface area contributed by atoms with E-state index in [0.29, 0.717) is 48.2 Å². The van der Waals surface area contributed by atoms with Gasteiger partial charge in [-0.2, -0.15) is 5.10 Å². The summed E-state index contributed by atoms with van der Waals surface area (Å²) in [6.07, 6.45) is 0.668. The van der Waals surface area contributed by atoms with Crippen LogP contribution in [0.25, 0.3) is 10.9 Å². The fourth-order valence-electron chi connectivity index (χ4n) is 4.53. The van der Waals surface area contributed by atoms with Crippen molar-refractivity contribution in [2.45, 2.75) is 57.7 Å². The average Bonchev–Trinajstić information content (AvgIpc) is 3.17. The van der Waals surface area contributed by atoms with Crippen molar-refractivity contribution in [1.29, 1.82) is 0 Å². The first-order chi connectivity index (χ1) is 16.5. The smallest absolute Gasteiger partial charge is 0.410 e. The number of piperidine rings is 1. The minimum Gasteiger partial charge on any atom is -0.444 e. The van der Waals surface area contributed by atoms with E-state index in [4.69, 9.17) is 32.7 Å². The van der Waals surface area contributed by atoms with Gasteiger partial charge in [-0.05, 0) is 70.4 Å². The van der Waals surface area contributed by atoms with Gasteiger partial charge in [0.15, 0.2) is 0 Å². The van der Waals surface area contributed by atoms with Gasteiger partial charge < -0.3 is 14.4 Å². The van der Waals surface area contributed by atoms with Gasteiger partial charge in [0, 0.05) is 34.5 Å². The lowest BCUT2D eigenvalue weighted by Crippen LogP contribution is -2.48. The fourth-order valence-corrected chi connectivity index (χ4v) is 4.94. The van der Waals surface area contributed by atoms with E-state index < -0.39 is 5.60 Å². The number of likely N-dealkylation sites (tertiary alicyclic amines) is 1. The summed E-state index contributed by atoms with van der Waals surface area (Å²) in [5.41, 5.74) is 1.58. The molecule has 1 aliphatic heterocycles. The molecule has 1 atom stereocenters. The number of aromatic nitrogens is 2. The van der Waals surface area contributed by atoms with Crippen molar-refractivity contribution in [2.75, 3.05) is 19.7 Å². The summed E-state index contributed by atoms with van der Waals surface area (Å²) in [5, 5.41) is 8.82. The molecule has 1 aromatic heterocycles. The second-order valence-corrected chi connectivity index (χ2v) is 11.0. The summed E-state index contributed by atoms with van der Waals surface area (Å²) in [6, 6.07) is 10.1. The van der Waals surface area contributed by atoms with Crippen molar-refractivity contribution < 1.29 is 18.7 Å². The predicted octanol–water partition coefficient (Wildman–Crippen LogP) is 7.06. The van der Waals surface area contributed by atoms with Crippen LogP contribution in [0.3, 0.4) is 0 Å². The molecule has 1 aliphatic rings. The maximum Gasteiger partial charge on any atom is 0.410 e. The first kappa shape index (κ1) is 25.7. The Morgan fingerprint density at radius 1 is 1.20 bits per heavy atom. The highest BCUT2D eigenvalue weighted by Gasteiger charge is 2.39. The predicted molar refractivity (Wildman–Crippen MR) is 136 cm³/mol. The summed E-state index contributed by atoms with van der Waals surface area (Å²) in [4.78, 5) is 14.3. The summed E-state index contributed by atoms with van der Waals surface area (Å²) in [6.45, 7) is 8.92. The van der Waals surface area contributed by atoms with Crippen LogP contribution in [0.15, 0.2) is 36.4 Å². The molecule has 35 heavy (non-hydrogen) atoms. The third-order valence-corrected chi connectivity index (χ3v) is 6.99. The Morgan fingerprint density at radius 2 is 1.86 bits per heavy atom. The summed E-state index contributed by atoms with van der Waals surface area (Å²) in [7, 11) is 0. The topological polar surface area (TPSA) is 67.4 Å². The SMILES string of the molecule is CC(OCC1(c2ccc(F)cc2)CCN(C(=O)OC(C)(C)C)CC1)c1cc(Cl)cc2c(Cl)[nH]nc12. The number of benzene rings is 2. The molecule has 9 heteroatoms. The second-order valence-electron chi connectivity index (χ2n) is 10.1. The number of fused-ring (bicyclic) bond motifs is 1. The minimum atomic E-state index is -0.557. The standard InChI is InChI=1S/C26H30Cl2FN3O3/c1-16(20-13-18(27)14-21-22(20)30-31-23(21)28)34-15-26(17-5-7-19(29)8-6-17)9-11-32(12-10-26)24(33)35-25(2,3)4/h5-8,13-14,16H,9-12,15H2,1-4H3,(H,30,31). The molecule has 0 bridgehead atoms. The molecule has 1 saturated heterocycles. The maximum absolute atomic E-state index is 13.7. The van der Waals surface area contributed by atoms with Crippen LogP contribution in [0.5, 0.6) is 0 Å². The van der Waals surface area contributed by atoms with Crippen molar-refractivity contribution in [3.63, 3.8) is 0 Å². The minimum absolute atomic E-state index is 0.291. The number of carbonyl (C=O) groups is 1. The molecule has 1 fully saturated rings. The highest BCUT2D eigenvalue weighted by molar-refractivity contribution is 6.36. The van der Waals surface area contributed by atoms with Gasteiger partial charge in [0.1, 0.15) is 16.6 Å². The van der Waals surface area contributed by atoms with E-state index in [2.05, 4.69) is 10.2 Å². The number of aromatic amines is 1. The van der Waals surface area contributed by atoms with E-state index in [1.54, 1.807) is 23.1 Å². The summed E-state index contributed by atoms with van der Waals surface area (Å²) < 4.78 is 25.7. The Morgan fingerprint density at radius 3 is 2.49 bits per heavy atom. The van der Waals surface area contributed by atoms with Crippen LogP contribution >= 0.6 is 23.2 Å². The first-order valence-electron chi connectivity index (χ1n) is 11.7. The molecule has 0 spiro atoms. The molecule has 2 heterocycles. The number of hydrogen-bond acceptors (Lipinski definition) is 4. The van der Waals surface area contributed by atoms with Gasteiger partial charge in [0.05, 0.1) is 18.2 Å². The Hall–Kier alpha value is -2.35. The van der Waals surface area contributed by atoms with Crippen LogP contribution in [-0.2, 0) is 14.9 Å². The molecule has 4 rings (SSSR count). The van der Waals surface area contributed by atoms with E-state index >= 15 is 0 Å². The molecule has 0 aliphatic carbocycles. The van der Waals surface area contributed by atoms with Crippen molar-refractivity contribution in [1.82, 2.24) is 15.1 Å². The molecule has 3 aromatic rings. The molecule has 6 nitrogen and oxygen atoms in total. The number of rotatable bonds is 5. The van der Waals surface area contributed by atoms with E-state index in [-0.39, 0.29) is 23.4 Å². The van der Waals surface area contributed by atoms with Crippen LogP contribution in [0.1, 0.15) is 57.8 Å². The molecule has 1 N–H and O–H groups in total. The summed E-state index contributed by atoms with van der Waals surface area (Å²) >= 11 is 12.6. The number of hydrogen-bond donors (Lipinski definition) is 1. The van der Waals surface area contributed by atoms with Gasteiger partial charge in [-0.1, -0.05) is 35.3 Å². The van der Waals surface area contributed by atoms with E-state index in [1.165, 1.54) is 12.1 Å². The number of halogens is 3. The zero-order chi connectivity index (χ0) is 25.4. The van der Waals surface area contributed by atoms with Crippen molar-refractivity contribution in [2.24, 2.45) is 0 Å². The van der Waals surface area contributed by atoms with Crippen molar-refractivity contribution >= 4 is 40.2 Å². The second kappa shape index (κ2) is 9.96. The zero-order valence-corrected chi connectivity index (χ0v) is 21.8. The summed E-state index contributed by atoms with van der Waals surface area (Å²) in [5.74, 6) is -0.291. The lowest BCUT2D eigenvalue weighted by Gasteiger charge is -2.42. The van der Waals surface area contributed by atoms with E-state index in [0.717, 1.165) is 16.5 Å². The number of H-pyrrole nitrogens is 1. The van der Waals surface area contributed by atoms with Gasteiger partial charge in [0.25, 0.3) is 0 Å². The zero-order valence-electron chi connectivity index (χ0n) is 20.3. The molecular weight excluding hydrogens is 492 g/mol. The number of amides is 1. The normalized spacial score (nSPS) is 16.9. The average molecular weight is 522 g/mol. The van der Waals surface area contributed by atoms with Crippen LogP contribution in [0, 0.1) is 5.82 Å².